The molecule has 0 spiro atoms. The molecule has 0 bridgehead atoms. The summed E-state index contributed by atoms with van der Waals surface area (Å²) in [5, 5.41) is 19.0. The summed E-state index contributed by atoms with van der Waals surface area (Å²) in [5.74, 6) is -2.82. The van der Waals surface area contributed by atoms with Crippen LogP contribution in [0.15, 0.2) is 0 Å². The SMILES string of the molecule is CCC(CC)(C(=O)[O-])C(=O)O.[Li+]. The van der Waals surface area contributed by atoms with Gasteiger partial charge in [-0.15, -0.1) is 0 Å². The van der Waals surface area contributed by atoms with Gasteiger partial charge in [-0.3, -0.25) is 4.79 Å². The zero-order valence-electron chi connectivity index (χ0n) is 7.59. The van der Waals surface area contributed by atoms with Gasteiger partial charge in [0.15, 0.2) is 0 Å². The van der Waals surface area contributed by atoms with Crippen molar-refractivity contribution >= 4 is 11.9 Å². The first kappa shape index (κ1) is 14.1. The molecule has 64 valence electrons. The molecule has 0 saturated carbocycles. The predicted molar refractivity (Wildman–Crippen MR) is 35.7 cm³/mol. The van der Waals surface area contributed by atoms with Crippen molar-refractivity contribution in [2.45, 2.75) is 26.7 Å². The first-order chi connectivity index (χ1) is 5.01. The number of carbonyl (C=O) groups excluding carboxylic acids is 1. The first-order valence-corrected chi connectivity index (χ1v) is 3.46. The maximum Gasteiger partial charge on any atom is 1.00 e. The Bertz CT molecular complexity index is 158. The van der Waals surface area contributed by atoms with E-state index in [2.05, 4.69) is 0 Å². The molecule has 0 radical (unpaired) electrons. The Morgan fingerprint density at radius 2 is 1.67 bits per heavy atom. The zero-order valence-corrected chi connectivity index (χ0v) is 7.59. The molecule has 0 rings (SSSR count). The Kier molecular flexibility index (Phi) is 6.14. The van der Waals surface area contributed by atoms with E-state index in [4.69, 9.17) is 5.11 Å². The molecule has 5 heteroatoms. The second-order valence-corrected chi connectivity index (χ2v) is 2.38. The van der Waals surface area contributed by atoms with E-state index in [1.165, 1.54) is 13.8 Å². The van der Waals surface area contributed by atoms with Crippen LogP contribution in [0.3, 0.4) is 0 Å². The van der Waals surface area contributed by atoms with Gasteiger partial charge in [0.05, 0.1) is 5.97 Å². The summed E-state index contributed by atoms with van der Waals surface area (Å²) in [6.45, 7) is 3.04. The van der Waals surface area contributed by atoms with Gasteiger partial charge in [0.2, 0.25) is 0 Å². The molecule has 0 unspecified atom stereocenters. The molecule has 0 aromatic rings. The summed E-state index contributed by atoms with van der Waals surface area (Å²) in [5.41, 5.74) is -1.69. The maximum absolute atomic E-state index is 10.5. The zero-order chi connectivity index (χ0) is 9.07. The number of hydrogen-bond donors (Lipinski definition) is 1. The molecule has 0 atom stereocenters. The number of carbonyl (C=O) groups is 2. The molecule has 0 amide bonds. The molecule has 0 aliphatic carbocycles. The van der Waals surface area contributed by atoms with Gasteiger partial charge in [0.25, 0.3) is 0 Å². The van der Waals surface area contributed by atoms with Crippen LogP contribution in [0.5, 0.6) is 0 Å². The molecule has 0 aromatic carbocycles. The fourth-order valence-corrected chi connectivity index (χ4v) is 0.928. The predicted octanol–water partition coefficient (Wildman–Crippen LogP) is -3.37. The van der Waals surface area contributed by atoms with Gasteiger partial charge < -0.3 is 15.0 Å². The van der Waals surface area contributed by atoms with Gasteiger partial charge >= 0.3 is 24.8 Å². The molecular weight excluding hydrogens is 155 g/mol. The standard InChI is InChI=1S/C7H12O4.Li/c1-3-7(4-2,5(8)9)6(10)11;/h3-4H2,1-2H3,(H,8,9)(H,10,11);/q;+1/p-1. The molecule has 0 heterocycles. The van der Waals surface area contributed by atoms with Gasteiger partial charge in [-0.2, -0.15) is 0 Å². The van der Waals surface area contributed by atoms with Crippen molar-refractivity contribution < 1.29 is 38.7 Å². The van der Waals surface area contributed by atoms with Crippen LogP contribution in [-0.2, 0) is 9.59 Å². The van der Waals surface area contributed by atoms with Crippen molar-refractivity contribution in [1.29, 1.82) is 0 Å². The molecule has 0 aliphatic heterocycles. The molecular formula is C7H11LiO4. The third kappa shape index (κ3) is 2.26. The minimum absolute atomic E-state index is 0. The molecule has 1 N–H and O–H groups in total. The first-order valence-electron chi connectivity index (χ1n) is 3.46. The molecule has 0 fully saturated rings. The van der Waals surface area contributed by atoms with E-state index in [1.54, 1.807) is 0 Å². The Balaban J connectivity index is 0. The average molecular weight is 166 g/mol. The normalized spacial score (nSPS) is 10.2. The van der Waals surface area contributed by atoms with E-state index >= 15 is 0 Å². The van der Waals surface area contributed by atoms with Crippen LogP contribution in [0.25, 0.3) is 0 Å². The molecule has 4 nitrogen and oxygen atoms in total. The van der Waals surface area contributed by atoms with E-state index in [9.17, 15) is 14.7 Å². The molecule has 0 aromatic heterocycles. The Morgan fingerprint density at radius 1 is 1.33 bits per heavy atom. The fourth-order valence-electron chi connectivity index (χ4n) is 0.928. The Morgan fingerprint density at radius 3 is 1.67 bits per heavy atom. The van der Waals surface area contributed by atoms with E-state index in [-0.39, 0.29) is 31.7 Å². The van der Waals surface area contributed by atoms with Gasteiger partial charge in [-0.1, -0.05) is 13.8 Å². The minimum Gasteiger partial charge on any atom is -0.549 e. The van der Waals surface area contributed by atoms with Crippen molar-refractivity contribution in [1.82, 2.24) is 0 Å². The smallest absolute Gasteiger partial charge is 0.549 e. The number of rotatable bonds is 4. The average Bonchev–Trinajstić information content (AvgIpc) is 1.90. The summed E-state index contributed by atoms with van der Waals surface area (Å²) in [6.07, 6.45) is 0.113. The van der Waals surface area contributed by atoms with Gasteiger partial charge in [-0.25, -0.2) is 0 Å². The summed E-state index contributed by atoms with van der Waals surface area (Å²) in [6, 6.07) is 0. The largest absolute Gasteiger partial charge is 1.00 e. The van der Waals surface area contributed by atoms with Crippen LogP contribution in [0, 0.1) is 5.41 Å². The number of hydrogen-bond acceptors (Lipinski definition) is 3. The van der Waals surface area contributed by atoms with Crippen molar-refractivity contribution in [3.63, 3.8) is 0 Å². The van der Waals surface area contributed by atoms with Crippen LogP contribution in [0.2, 0.25) is 0 Å². The van der Waals surface area contributed by atoms with Crippen molar-refractivity contribution in [2.75, 3.05) is 0 Å². The molecule has 0 saturated heterocycles. The minimum atomic E-state index is -1.69. The van der Waals surface area contributed by atoms with Crippen molar-refractivity contribution in [3.8, 4) is 0 Å². The van der Waals surface area contributed by atoms with Crippen LogP contribution in [0.1, 0.15) is 26.7 Å². The fraction of sp³-hybridized carbons (Fsp3) is 0.714. The van der Waals surface area contributed by atoms with E-state index in [1.807, 2.05) is 0 Å². The molecule has 12 heavy (non-hydrogen) atoms. The Labute approximate surface area is 83.1 Å². The van der Waals surface area contributed by atoms with E-state index in [0.717, 1.165) is 0 Å². The van der Waals surface area contributed by atoms with E-state index < -0.39 is 17.4 Å². The Hall–Kier alpha value is -0.463. The van der Waals surface area contributed by atoms with Gasteiger partial charge in [0, 0.05) is 0 Å². The number of carboxylic acid groups (broad SMARTS) is 2. The summed E-state index contributed by atoms with van der Waals surface area (Å²) in [7, 11) is 0. The quantitative estimate of drug-likeness (QED) is 0.349. The van der Waals surface area contributed by atoms with E-state index in [0.29, 0.717) is 0 Å². The third-order valence-electron chi connectivity index (χ3n) is 2.01. The van der Waals surface area contributed by atoms with Crippen LogP contribution >= 0.6 is 0 Å². The third-order valence-corrected chi connectivity index (χ3v) is 2.01. The van der Waals surface area contributed by atoms with Crippen molar-refractivity contribution in [3.05, 3.63) is 0 Å². The van der Waals surface area contributed by atoms with Gasteiger partial charge in [0.1, 0.15) is 5.41 Å². The summed E-state index contributed by atoms with van der Waals surface area (Å²) >= 11 is 0. The summed E-state index contributed by atoms with van der Waals surface area (Å²) < 4.78 is 0. The number of aliphatic carboxylic acids is 2. The van der Waals surface area contributed by atoms with Crippen molar-refractivity contribution in [2.24, 2.45) is 5.41 Å². The maximum atomic E-state index is 10.5. The van der Waals surface area contributed by atoms with Crippen LogP contribution in [0.4, 0.5) is 0 Å². The topological polar surface area (TPSA) is 77.4 Å². The second kappa shape index (κ2) is 5.23. The van der Waals surface area contributed by atoms with Crippen LogP contribution in [-0.4, -0.2) is 17.0 Å². The van der Waals surface area contributed by atoms with Crippen LogP contribution < -0.4 is 24.0 Å². The summed E-state index contributed by atoms with van der Waals surface area (Å²) in [4.78, 5) is 20.9. The second-order valence-electron chi connectivity index (χ2n) is 2.38. The monoisotopic (exact) mass is 166 g/mol. The van der Waals surface area contributed by atoms with Gasteiger partial charge in [-0.05, 0) is 12.8 Å². The number of carboxylic acids is 2. The molecule has 0 aliphatic rings.